The fourth-order valence-corrected chi connectivity index (χ4v) is 6.31. The Hall–Kier alpha value is -2.38. The second-order valence-electron chi connectivity index (χ2n) is 8.03. The summed E-state index contributed by atoms with van der Waals surface area (Å²) < 4.78 is 0. The van der Waals surface area contributed by atoms with Gasteiger partial charge in [-0.1, -0.05) is 23.9 Å². The number of hydrogen-bond donors (Lipinski definition) is 1. The number of para-hydroxylation sites is 1. The van der Waals surface area contributed by atoms with Crippen LogP contribution >= 0.6 is 11.8 Å². The van der Waals surface area contributed by atoms with Gasteiger partial charge in [-0.25, -0.2) is 0 Å². The normalized spacial score (nSPS) is 26.2. The molecule has 1 N–H and O–H groups in total. The van der Waals surface area contributed by atoms with Crippen molar-refractivity contribution < 1.29 is 0 Å². The second-order valence-corrected chi connectivity index (χ2v) is 9.12. The van der Waals surface area contributed by atoms with E-state index in [1.165, 1.54) is 46.8 Å². The summed E-state index contributed by atoms with van der Waals surface area (Å²) in [5, 5.41) is 14.6. The van der Waals surface area contributed by atoms with Crippen molar-refractivity contribution in [3.8, 4) is 11.4 Å². The Morgan fingerprint density at radius 3 is 2.54 bits per heavy atom. The van der Waals surface area contributed by atoms with E-state index in [1.807, 2.05) is 11.8 Å². The first-order valence-corrected chi connectivity index (χ1v) is 10.8. The summed E-state index contributed by atoms with van der Waals surface area (Å²) in [5.74, 6) is 0.645. The van der Waals surface area contributed by atoms with Gasteiger partial charge >= 0.3 is 0 Å². The molecule has 2 atom stereocenters. The molecule has 2 unspecified atom stereocenters. The van der Waals surface area contributed by atoms with Crippen molar-refractivity contribution in [3.05, 3.63) is 42.5 Å². The van der Waals surface area contributed by atoms with Crippen LogP contribution in [0.15, 0.2) is 52.3 Å². The number of nitrogens with one attached hydrogen (secondary N) is 1. The first kappa shape index (κ1) is 16.6. The number of H-pyrrole nitrogens is 1. The van der Waals surface area contributed by atoms with E-state index in [0.717, 1.165) is 5.56 Å². The third-order valence-electron chi connectivity index (χ3n) is 6.61. The minimum absolute atomic E-state index is 0.547. The molecule has 142 valence electrons. The van der Waals surface area contributed by atoms with Crippen LogP contribution in [-0.2, 0) is 0 Å². The minimum Gasteiger partial charge on any atom is -0.336 e. The Labute approximate surface area is 168 Å². The lowest BCUT2D eigenvalue weighted by Gasteiger charge is -2.45. The average molecular weight is 391 g/mol. The van der Waals surface area contributed by atoms with Gasteiger partial charge in [-0.05, 0) is 68.3 Å². The van der Waals surface area contributed by atoms with Crippen molar-refractivity contribution in [2.24, 2.45) is 0 Å². The summed E-state index contributed by atoms with van der Waals surface area (Å²) in [5.41, 5.74) is 3.66. The van der Waals surface area contributed by atoms with E-state index in [1.54, 1.807) is 0 Å². The largest absolute Gasteiger partial charge is 0.336 e. The van der Waals surface area contributed by atoms with Gasteiger partial charge < -0.3 is 9.80 Å². The van der Waals surface area contributed by atoms with Crippen molar-refractivity contribution in [1.29, 1.82) is 0 Å². The molecule has 3 aromatic rings. The number of hydrogen-bond acceptors (Lipinski definition) is 6. The number of tetrazole rings is 1. The highest BCUT2D eigenvalue weighted by molar-refractivity contribution is 7.99. The molecule has 2 saturated heterocycles. The number of piperidine rings is 1. The van der Waals surface area contributed by atoms with Crippen LogP contribution in [0.4, 0.5) is 11.4 Å². The molecule has 0 saturated carbocycles. The SMILES string of the molecule is CN1C2CCC1CC(N1c3ccccc3Sc3cc(-c4nn[nH]n4)ccc31)C2. The quantitative estimate of drug-likeness (QED) is 0.711. The van der Waals surface area contributed by atoms with Crippen LogP contribution in [0, 0.1) is 0 Å². The maximum absolute atomic E-state index is 4.15. The maximum Gasteiger partial charge on any atom is 0.204 e. The molecule has 1 aromatic heterocycles. The van der Waals surface area contributed by atoms with Gasteiger partial charge in [0, 0.05) is 33.5 Å². The highest BCUT2D eigenvalue weighted by Gasteiger charge is 2.42. The second kappa shape index (κ2) is 6.32. The highest BCUT2D eigenvalue weighted by atomic mass is 32.2. The fraction of sp³-hybridized carbons (Fsp3) is 0.381. The van der Waals surface area contributed by atoms with Crippen molar-refractivity contribution in [2.75, 3.05) is 11.9 Å². The summed E-state index contributed by atoms with van der Waals surface area (Å²) in [4.78, 5) is 7.82. The number of aromatic amines is 1. The van der Waals surface area contributed by atoms with Gasteiger partial charge in [-0.15, -0.1) is 10.2 Å². The molecule has 0 aliphatic carbocycles. The molecular weight excluding hydrogens is 368 g/mol. The molecule has 2 fully saturated rings. The van der Waals surface area contributed by atoms with Crippen LogP contribution in [0.2, 0.25) is 0 Å². The Morgan fingerprint density at radius 2 is 1.75 bits per heavy atom. The van der Waals surface area contributed by atoms with Crippen LogP contribution in [0.5, 0.6) is 0 Å². The Kier molecular flexibility index (Phi) is 3.74. The number of benzene rings is 2. The van der Waals surface area contributed by atoms with E-state index in [0.29, 0.717) is 23.9 Å². The molecule has 6 rings (SSSR count). The van der Waals surface area contributed by atoms with E-state index in [2.05, 4.69) is 79.9 Å². The lowest BCUT2D eigenvalue weighted by atomic mass is 9.95. The van der Waals surface area contributed by atoms with Crippen LogP contribution in [0.25, 0.3) is 11.4 Å². The predicted molar refractivity (Wildman–Crippen MR) is 110 cm³/mol. The van der Waals surface area contributed by atoms with E-state index >= 15 is 0 Å². The van der Waals surface area contributed by atoms with Gasteiger partial charge in [0.1, 0.15) is 0 Å². The van der Waals surface area contributed by atoms with E-state index < -0.39 is 0 Å². The molecule has 3 aliphatic heterocycles. The summed E-state index contributed by atoms with van der Waals surface area (Å²) in [7, 11) is 2.31. The van der Waals surface area contributed by atoms with Crippen LogP contribution in [0.3, 0.4) is 0 Å². The summed E-state index contributed by atoms with van der Waals surface area (Å²) in [6, 6.07) is 17.4. The van der Waals surface area contributed by atoms with Gasteiger partial charge in [0.15, 0.2) is 0 Å². The van der Waals surface area contributed by atoms with Gasteiger partial charge in [0.2, 0.25) is 5.82 Å². The number of anilines is 2. The zero-order chi connectivity index (χ0) is 18.7. The van der Waals surface area contributed by atoms with Gasteiger partial charge in [-0.2, -0.15) is 5.21 Å². The molecule has 2 aromatic carbocycles. The predicted octanol–water partition coefficient (Wildman–Crippen LogP) is 4.09. The minimum atomic E-state index is 0.547. The Bertz CT molecular complexity index is 1010. The third-order valence-corrected chi connectivity index (χ3v) is 7.72. The van der Waals surface area contributed by atoms with Crippen LogP contribution in [-0.4, -0.2) is 50.7 Å². The molecular formula is C21H22N6S. The molecule has 0 spiro atoms. The molecule has 4 heterocycles. The zero-order valence-corrected chi connectivity index (χ0v) is 16.6. The number of fused-ring (bicyclic) bond motifs is 4. The smallest absolute Gasteiger partial charge is 0.204 e. The zero-order valence-electron chi connectivity index (χ0n) is 15.7. The average Bonchev–Trinajstić information content (AvgIpc) is 3.31. The highest BCUT2D eigenvalue weighted by Crippen LogP contribution is 2.52. The standard InChI is InChI=1S/C21H22N6S/c1-26-14-7-8-15(26)12-16(11-14)27-17-4-2-3-5-19(17)28-20-10-13(6-9-18(20)27)21-22-24-25-23-21/h2-6,9-10,14-16H,7-8,11-12H2,1H3,(H,22,23,24,25). The van der Waals surface area contributed by atoms with Gasteiger partial charge in [0.25, 0.3) is 0 Å². The number of nitrogens with zero attached hydrogens (tertiary/aromatic N) is 5. The molecule has 6 nitrogen and oxygen atoms in total. The lowest BCUT2D eigenvalue weighted by Crippen LogP contribution is -2.48. The molecule has 0 radical (unpaired) electrons. The Balaban J connectivity index is 1.44. The van der Waals surface area contributed by atoms with E-state index in [-0.39, 0.29) is 0 Å². The monoisotopic (exact) mass is 390 g/mol. The molecule has 2 bridgehead atoms. The fourth-order valence-electron chi connectivity index (χ4n) is 5.20. The summed E-state index contributed by atoms with van der Waals surface area (Å²) >= 11 is 1.84. The van der Waals surface area contributed by atoms with Gasteiger partial charge in [0.05, 0.1) is 11.4 Å². The van der Waals surface area contributed by atoms with Crippen molar-refractivity contribution in [1.82, 2.24) is 25.5 Å². The maximum atomic E-state index is 4.15. The van der Waals surface area contributed by atoms with Crippen LogP contribution < -0.4 is 4.90 Å². The molecule has 0 amide bonds. The van der Waals surface area contributed by atoms with Crippen molar-refractivity contribution >= 4 is 23.1 Å². The van der Waals surface area contributed by atoms with Gasteiger partial charge in [-0.3, -0.25) is 0 Å². The first-order valence-electron chi connectivity index (χ1n) is 9.94. The first-order chi connectivity index (χ1) is 13.8. The third kappa shape index (κ3) is 2.49. The van der Waals surface area contributed by atoms with E-state index in [9.17, 15) is 0 Å². The topological polar surface area (TPSA) is 60.9 Å². The Morgan fingerprint density at radius 1 is 0.964 bits per heavy atom. The molecule has 3 aliphatic rings. The number of rotatable bonds is 2. The lowest BCUT2D eigenvalue weighted by molar-refractivity contribution is 0.162. The molecule has 7 heteroatoms. The van der Waals surface area contributed by atoms with E-state index in [4.69, 9.17) is 0 Å². The van der Waals surface area contributed by atoms with Crippen LogP contribution in [0.1, 0.15) is 25.7 Å². The summed E-state index contributed by atoms with van der Waals surface area (Å²) in [6.07, 6.45) is 5.15. The number of aromatic nitrogens is 4. The van der Waals surface area contributed by atoms with Crippen molar-refractivity contribution in [3.63, 3.8) is 0 Å². The van der Waals surface area contributed by atoms with Crippen molar-refractivity contribution in [2.45, 2.75) is 53.6 Å². The summed E-state index contributed by atoms with van der Waals surface area (Å²) in [6.45, 7) is 0. The molecule has 28 heavy (non-hydrogen) atoms.